The smallest absolute Gasteiger partial charge is 0.306 e. The Kier molecular flexibility index (Phi) is 6.76. The summed E-state index contributed by atoms with van der Waals surface area (Å²) in [6.45, 7) is 1.65. The molecule has 192 valence electrons. The lowest BCUT2D eigenvalue weighted by molar-refractivity contribution is -0.137. The number of sulfone groups is 1. The monoisotopic (exact) mass is 525 g/mol. The molecule has 1 aliphatic heterocycles. The largest absolute Gasteiger partial charge is 0.416 e. The maximum atomic E-state index is 13.6. The molecule has 0 N–H and O–H groups in total. The number of likely N-dealkylation sites (tertiary alicyclic amines) is 1. The average molecular weight is 526 g/mol. The van der Waals surface area contributed by atoms with Crippen LogP contribution in [-0.2, 0) is 21.8 Å². The number of fused-ring (bicyclic) bond motifs is 1. The van der Waals surface area contributed by atoms with Crippen LogP contribution in [0.5, 0.6) is 0 Å². The van der Waals surface area contributed by atoms with Crippen molar-refractivity contribution in [3.05, 3.63) is 90.0 Å². The molecule has 0 saturated carbocycles. The molecule has 5 nitrogen and oxygen atoms in total. The number of benzene rings is 3. The first kappa shape index (κ1) is 25.4. The first-order valence-electron chi connectivity index (χ1n) is 12.0. The van der Waals surface area contributed by atoms with Gasteiger partial charge in [0.1, 0.15) is 6.33 Å². The van der Waals surface area contributed by atoms with E-state index < -0.39 is 21.6 Å². The van der Waals surface area contributed by atoms with Gasteiger partial charge in [0.15, 0.2) is 9.84 Å². The fraction of sp³-hybridized carbons (Fsp3) is 0.286. The van der Waals surface area contributed by atoms with Gasteiger partial charge in [-0.2, -0.15) is 13.2 Å². The summed E-state index contributed by atoms with van der Waals surface area (Å²) >= 11 is 0. The van der Waals surface area contributed by atoms with E-state index in [0.717, 1.165) is 48.5 Å². The van der Waals surface area contributed by atoms with E-state index in [1.807, 2.05) is 25.2 Å². The fourth-order valence-corrected chi connectivity index (χ4v) is 6.32. The summed E-state index contributed by atoms with van der Waals surface area (Å²) in [7, 11) is -1.64. The molecule has 0 spiro atoms. The van der Waals surface area contributed by atoms with Crippen molar-refractivity contribution in [2.45, 2.75) is 35.6 Å². The summed E-state index contributed by atoms with van der Waals surface area (Å²) in [5.41, 5.74) is 1.99. The van der Waals surface area contributed by atoms with Crippen LogP contribution >= 0.6 is 0 Å². The maximum Gasteiger partial charge on any atom is 0.416 e. The van der Waals surface area contributed by atoms with Gasteiger partial charge in [0.05, 0.1) is 21.9 Å². The number of nitrogens with zero attached hydrogens (tertiary/aromatic N) is 3. The number of hydrogen-bond acceptors (Lipinski definition) is 5. The van der Waals surface area contributed by atoms with Crippen molar-refractivity contribution in [3.63, 3.8) is 0 Å². The van der Waals surface area contributed by atoms with Crippen molar-refractivity contribution in [1.82, 2.24) is 14.9 Å². The summed E-state index contributed by atoms with van der Waals surface area (Å²) in [6, 6.07) is 16.0. The number of alkyl halides is 3. The Morgan fingerprint density at radius 1 is 0.973 bits per heavy atom. The predicted octanol–water partition coefficient (Wildman–Crippen LogP) is 6.10. The summed E-state index contributed by atoms with van der Waals surface area (Å²) in [5.74, 6) is -0.240. The second-order valence-electron chi connectivity index (χ2n) is 9.53. The average Bonchev–Trinajstić information content (AvgIpc) is 2.88. The van der Waals surface area contributed by atoms with Crippen molar-refractivity contribution in [2.24, 2.45) is 0 Å². The van der Waals surface area contributed by atoms with Crippen molar-refractivity contribution in [2.75, 3.05) is 20.1 Å². The van der Waals surface area contributed by atoms with Gasteiger partial charge < -0.3 is 4.90 Å². The molecular weight excluding hydrogens is 499 g/mol. The molecule has 0 unspecified atom stereocenters. The van der Waals surface area contributed by atoms with Gasteiger partial charge in [-0.25, -0.2) is 18.4 Å². The van der Waals surface area contributed by atoms with Crippen molar-refractivity contribution in [3.8, 4) is 11.1 Å². The normalized spacial score (nSPS) is 15.8. The standard InChI is InChI=1S/C28H26F3N3O2S/c1-34-13-10-19(11-14-34)27-16-21(28(29,30)31)5-7-26(27)25-4-2-3-20-15-23(6-8-24(20)25)37(35,36)17-22-9-12-32-18-33-22/h2-9,12,15-16,18-19H,10-11,13-14,17H2,1H3. The molecule has 1 fully saturated rings. The zero-order chi connectivity index (χ0) is 26.2. The molecule has 1 saturated heterocycles. The van der Waals surface area contributed by atoms with E-state index in [1.54, 1.807) is 30.3 Å². The zero-order valence-corrected chi connectivity index (χ0v) is 21.1. The van der Waals surface area contributed by atoms with Gasteiger partial charge in [0.25, 0.3) is 0 Å². The van der Waals surface area contributed by atoms with Gasteiger partial charge in [-0.3, -0.25) is 0 Å². The third kappa shape index (κ3) is 5.38. The second kappa shape index (κ2) is 9.87. The Bertz CT molecular complexity index is 1530. The number of piperidine rings is 1. The van der Waals surface area contributed by atoms with E-state index in [2.05, 4.69) is 14.9 Å². The van der Waals surface area contributed by atoms with E-state index >= 15 is 0 Å². The highest BCUT2D eigenvalue weighted by molar-refractivity contribution is 7.90. The van der Waals surface area contributed by atoms with Crippen LogP contribution in [0.3, 0.4) is 0 Å². The first-order chi connectivity index (χ1) is 17.6. The molecule has 1 aromatic heterocycles. The molecule has 1 aliphatic rings. The number of rotatable bonds is 5. The molecule has 2 heterocycles. The molecule has 37 heavy (non-hydrogen) atoms. The SMILES string of the molecule is CN1CCC(c2cc(C(F)(F)F)ccc2-c2cccc3cc(S(=O)(=O)Cc4ccncn4)ccc23)CC1. The van der Waals surface area contributed by atoms with Crippen LogP contribution in [0.15, 0.2) is 78.1 Å². The summed E-state index contributed by atoms with van der Waals surface area (Å²) in [6.07, 6.45) is -0.0630. The molecular formula is C28H26F3N3O2S. The molecule has 0 aliphatic carbocycles. The Morgan fingerprint density at radius 3 is 2.46 bits per heavy atom. The van der Waals surface area contributed by atoms with Crippen LogP contribution < -0.4 is 0 Å². The van der Waals surface area contributed by atoms with Gasteiger partial charge in [-0.05, 0) is 96.7 Å². The number of hydrogen-bond donors (Lipinski definition) is 0. The summed E-state index contributed by atoms with van der Waals surface area (Å²) < 4.78 is 67.0. The molecule has 5 rings (SSSR count). The van der Waals surface area contributed by atoms with E-state index in [1.165, 1.54) is 18.6 Å². The van der Waals surface area contributed by atoms with E-state index in [-0.39, 0.29) is 16.6 Å². The number of aromatic nitrogens is 2. The third-order valence-electron chi connectivity index (χ3n) is 7.02. The van der Waals surface area contributed by atoms with Gasteiger partial charge in [-0.1, -0.05) is 30.3 Å². The Morgan fingerprint density at radius 2 is 1.76 bits per heavy atom. The minimum absolute atomic E-state index is 0.0104. The van der Waals surface area contributed by atoms with Crippen LogP contribution in [0, 0.1) is 0 Å². The Balaban J connectivity index is 1.58. The van der Waals surface area contributed by atoms with Gasteiger partial charge in [0, 0.05) is 6.20 Å². The zero-order valence-electron chi connectivity index (χ0n) is 20.2. The van der Waals surface area contributed by atoms with E-state index in [0.29, 0.717) is 16.6 Å². The molecule has 9 heteroatoms. The highest BCUT2D eigenvalue weighted by Gasteiger charge is 2.32. The van der Waals surface area contributed by atoms with Crippen LogP contribution in [0.4, 0.5) is 13.2 Å². The first-order valence-corrected chi connectivity index (χ1v) is 13.7. The lowest BCUT2D eigenvalue weighted by Gasteiger charge is -2.31. The van der Waals surface area contributed by atoms with Crippen LogP contribution in [0.1, 0.15) is 35.6 Å². The quantitative estimate of drug-likeness (QED) is 0.315. The van der Waals surface area contributed by atoms with Crippen LogP contribution in [0.25, 0.3) is 21.9 Å². The number of halogens is 3. The lowest BCUT2D eigenvalue weighted by atomic mass is 9.82. The molecule has 0 bridgehead atoms. The van der Waals surface area contributed by atoms with Crippen molar-refractivity contribution < 1.29 is 21.6 Å². The third-order valence-corrected chi connectivity index (χ3v) is 8.67. The van der Waals surface area contributed by atoms with Crippen molar-refractivity contribution >= 4 is 20.6 Å². The fourth-order valence-electron chi connectivity index (χ4n) is 5.01. The molecule has 0 amide bonds. The van der Waals surface area contributed by atoms with Crippen molar-refractivity contribution in [1.29, 1.82) is 0 Å². The Labute approximate surface area is 213 Å². The van der Waals surface area contributed by atoms with Crippen LogP contribution in [-0.4, -0.2) is 43.4 Å². The minimum atomic E-state index is -4.43. The predicted molar refractivity (Wildman–Crippen MR) is 137 cm³/mol. The van der Waals surface area contributed by atoms with Gasteiger partial charge in [0.2, 0.25) is 0 Å². The molecule has 0 radical (unpaired) electrons. The van der Waals surface area contributed by atoms with Gasteiger partial charge >= 0.3 is 6.18 Å². The highest BCUT2D eigenvalue weighted by Crippen LogP contribution is 2.41. The van der Waals surface area contributed by atoms with E-state index in [4.69, 9.17) is 0 Å². The summed E-state index contributed by atoms with van der Waals surface area (Å²) in [4.78, 5) is 10.2. The Hall–Kier alpha value is -3.30. The molecule has 0 atom stereocenters. The van der Waals surface area contributed by atoms with Gasteiger partial charge in [-0.15, -0.1) is 0 Å². The topological polar surface area (TPSA) is 63.2 Å². The second-order valence-corrected chi connectivity index (χ2v) is 11.5. The minimum Gasteiger partial charge on any atom is -0.306 e. The molecule has 3 aromatic carbocycles. The molecule has 4 aromatic rings. The lowest BCUT2D eigenvalue weighted by Crippen LogP contribution is -2.29. The van der Waals surface area contributed by atoms with Crippen LogP contribution in [0.2, 0.25) is 0 Å². The summed E-state index contributed by atoms with van der Waals surface area (Å²) in [5, 5.41) is 1.49. The van der Waals surface area contributed by atoms with E-state index in [9.17, 15) is 21.6 Å². The highest BCUT2D eigenvalue weighted by atomic mass is 32.2. The maximum absolute atomic E-state index is 13.6.